The van der Waals surface area contributed by atoms with Gasteiger partial charge < -0.3 is 5.32 Å². The van der Waals surface area contributed by atoms with E-state index in [4.69, 9.17) is 0 Å². The van der Waals surface area contributed by atoms with Gasteiger partial charge in [-0.15, -0.1) is 0 Å². The molecule has 0 bridgehead atoms. The normalized spacial score (nSPS) is 10.9. The molecule has 0 radical (unpaired) electrons. The third-order valence-electron chi connectivity index (χ3n) is 4.74. The molecule has 0 unspecified atom stereocenters. The largest absolute Gasteiger partial charge is 0.324 e. The topological polar surface area (TPSA) is 67.2 Å². The zero-order valence-corrected chi connectivity index (χ0v) is 16.8. The van der Waals surface area contributed by atoms with Crippen molar-refractivity contribution in [3.05, 3.63) is 82.6 Å². The molecule has 150 valence electrons. The molecule has 2 aromatic carbocycles. The molecule has 0 atom stereocenters. The van der Waals surface area contributed by atoms with Crippen LogP contribution >= 0.6 is 0 Å². The van der Waals surface area contributed by atoms with Crippen LogP contribution in [0.2, 0.25) is 0 Å². The number of rotatable bonds is 8. The zero-order chi connectivity index (χ0) is 20.6. The van der Waals surface area contributed by atoms with Gasteiger partial charge in [-0.1, -0.05) is 56.3 Å². The SMILES string of the molecule is CCN(CC)Cc1cccc(NC(=O)Cn2nc(-c3ccccc3)ccc2=O)c1. The van der Waals surface area contributed by atoms with Crippen molar-refractivity contribution in [2.24, 2.45) is 0 Å². The minimum absolute atomic E-state index is 0.139. The van der Waals surface area contributed by atoms with Crippen LogP contribution in [0, 0.1) is 0 Å². The van der Waals surface area contributed by atoms with Gasteiger partial charge in [-0.25, -0.2) is 4.68 Å². The second-order valence-corrected chi connectivity index (χ2v) is 6.79. The Morgan fingerprint density at radius 1 is 1.00 bits per heavy atom. The van der Waals surface area contributed by atoms with E-state index < -0.39 is 0 Å². The highest BCUT2D eigenvalue weighted by Crippen LogP contribution is 2.15. The molecule has 0 aliphatic carbocycles. The van der Waals surface area contributed by atoms with E-state index in [0.29, 0.717) is 11.4 Å². The first-order valence-electron chi connectivity index (χ1n) is 9.83. The highest BCUT2D eigenvalue weighted by atomic mass is 16.2. The number of carbonyl (C=O) groups is 1. The third kappa shape index (κ3) is 5.62. The minimum atomic E-state index is -0.310. The fraction of sp³-hybridized carbons (Fsp3) is 0.261. The van der Waals surface area contributed by atoms with Crippen LogP contribution in [-0.2, 0) is 17.9 Å². The van der Waals surface area contributed by atoms with Crippen molar-refractivity contribution in [2.45, 2.75) is 26.9 Å². The Hall–Kier alpha value is -3.25. The van der Waals surface area contributed by atoms with Crippen LogP contribution < -0.4 is 10.9 Å². The quantitative estimate of drug-likeness (QED) is 0.640. The molecule has 0 saturated heterocycles. The Balaban J connectivity index is 1.71. The standard InChI is InChI=1S/C23H26N4O2/c1-3-26(4-2)16-18-9-8-12-20(15-18)24-22(28)17-27-23(29)14-13-21(25-27)19-10-6-5-7-11-19/h5-15H,3-4,16-17H2,1-2H3,(H,24,28). The Morgan fingerprint density at radius 2 is 1.76 bits per heavy atom. The smallest absolute Gasteiger partial charge is 0.267 e. The van der Waals surface area contributed by atoms with Gasteiger partial charge in [0.25, 0.3) is 5.56 Å². The lowest BCUT2D eigenvalue weighted by Crippen LogP contribution is -2.29. The van der Waals surface area contributed by atoms with Gasteiger partial charge in [0, 0.05) is 23.9 Å². The molecule has 1 amide bonds. The monoisotopic (exact) mass is 390 g/mol. The molecule has 0 aliphatic rings. The summed E-state index contributed by atoms with van der Waals surface area (Å²) in [6.07, 6.45) is 0. The molecule has 1 aromatic heterocycles. The van der Waals surface area contributed by atoms with E-state index in [1.54, 1.807) is 6.07 Å². The molecule has 6 nitrogen and oxygen atoms in total. The van der Waals surface area contributed by atoms with E-state index >= 15 is 0 Å². The summed E-state index contributed by atoms with van der Waals surface area (Å²) in [6.45, 7) is 6.89. The molecule has 0 spiro atoms. The molecule has 29 heavy (non-hydrogen) atoms. The summed E-state index contributed by atoms with van der Waals surface area (Å²) in [4.78, 5) is 27.0. The van der Waals surface area contributed by atoms with Crippen molar-refractivity contribution in [2.75, 3.05) is 18.4 Å². The first-order chi connectivity index (χ1) is 14.1. The maximum Gasteiger partial charge on any atom is 0.267 e. The van der Waals surface area contributed by atoms with Gasteiger partial charge in [0.15, 0.2) is 0 Å². The van der Waals surface area contributed by atoms with E-state index in [9.17, 15) is 9.59 Å². The number of hydrogen-bond donors (Lipinski definition) is 1. The van der Waals surface area contributed by atoms with Crippen LogP contribution in [0.1, 0.15) is 19.4 Å². The van der Waals surface area contributed by atoms with E-state index in [1.165, 1.54) is 10.7 Å². The van der Waals surface area contributed by atoms with Gasteiger partial charge in [0.05, 0.1) is 5.69 Å². The number of aromatic nitrogens is 2. The summed E-state index contributed by atoms with van der Waals surface area (Å²) in [7, 11) is 0. The number of hydrogen-bond acceptors (Lipinski definition) is 4. The molecule has 1 heterocycles. The summed E-state index contributed by atoms with van der Waals surface area (Å²) in [5.41, 5.74) is 3.08. The van der Waals surface area contributed by atoms with Gasteiger partial charge in [-0.3, -0.25) is 14.5 Å². The molecule has 0 saturated carbocycles. The van der Waals surface area contributed by atoms with Crippen molar-refractivity contribution in [3.8, 4) is 11.3 Å². The first-order valence-corrected chi connectivity index (χ1v) is 9.83. The number of anilines is 1. The Bertz CT molecular complexity index is 1010. The summed E-state index contributed by atoms with van der Waals surface area (Å²) in [6, 6.07) is 20.5. The van der Waals surface area contributed by atoms with Crippen LogP contribution in [0.3, 0.4) is 0 Å². The van der Waals surface area contributed by atoms with Crippen LogP contribution in [-0.4, -0.2) is 33.7 Å². The van der Waals surface area contributed by atoms with Crippen LogP contribution in [0.4, 0.5) is 5.69 Å². The molecule has 3 rings (SSSR count). The Morgan fingerprint density at radius 3 is 2.48 bits per heavy atom. The first kappa shape index (κ1) is 20.5. The van der Waals surface area contributed by atoms with E-state index in [0.717, 1.165) is 30.8 Å². The van der Waals surface area contributed by atoms with Crippen molar-refractivity contribution >= 4 is 11.6 Å². The maximum absolute atomic E-state index is 12.5. The van der Waals surface area contributed by atoms with Gasteiger partial charge in [0.1, 0.15) is 6.54 Å². The third-order valence-corrected chi connectivity index (χ3v) is 4.74. The number of benzene rings is 2. The second kappa shape index (κ2) is 9.80. The summed E-state index contributed by atoms with van der Waals surface area (Å²) in [5.74, 6) is -0.287. The maximum atomic E-state index is 12.5. The highest BCUT2D eigenvalue weighted by Gasteiger charge is 2.09. The molecule has 1 N–H and O–H groups in total. The van der Waals surface area contributed by atoms with Crippen molar-refractivity contribution in [1.29, 1.82) is 0 Å². The van der Waals surface area contributed by atoms with Crippen molar-refractivity contribution in [3.63, 3.8) is 0 Å². The zero-order valence-electron chi connectivity index (χ0n) is 16.8. The lowest BCUT2D eigenvalue weighted by Gasteiger charge is -2.18. The molecule has 6 heteroatoms. The second-order valence-electron chi connectivity index (χ2n) is 6.79. The average Bonchev–Trinajstić information content (AvgIpc) is 2.74. The number of nitrogens with zero attached hydrogens (tertiary/aromatic N) is 3. The summed E-state index contributed by atoms with van der Waals surface area (Å²) in [5, 5.41) is 7.21. The lowest BCUT2D eigenvalue weighted by atomic mass is 10.1. The average molecular weight is 390 g/mol. The Labute approximate surface area is 170 Å². The van der Waals surface area contributed by atoms with Gasteiger partial charge in [0.2, 0.25) is 5.91 Å². The highest BCUT2D eigenvalue weighted by molar-refractivity contribution is 5.90. The predicted molar refractivity (Wildman–Crippen MR) is 116 cm³/mol. The number of amides is 1. The number of nitrogens with one attached hydrogen (secondary N) is 1. The summed E-state index contributed by atoms with van der Waals surface area (Å²) < 4.78 is 1.19. The molecule has 3 aromatic rings. The molecular weight excluding hydrogens is 364 g/mol. The van der Waals surface area contributed by atoms with E-state index in [-0.39, 0.29) is 18.0 Å². The van der Waals surface area contributed by atoms with Crippen LogP contribution in [0.5, 0.6) is 0 Å². The van der Waals surface area contributed by atoms with E-state index in [1.807, 2.05) is 54.6 Å². The Kier molecular flexibility index (Phi) is 6.92. The minimum Gasteiger partial charge on any atom is -0.324 e. The summed E-state index contributed by atoms with van der Waals surface area (Å²) >= 11 is 0. The fourth-order valence-electron chi connectivity index (χ4n) is 3.11. The van der Waals surface area contributed by atoms with Crippen molar-refractivity contribution < 1.29 is 4.79 Å². The lowest BCUT2D eigenvalue weighted by molar-refractivity contribution is -0.117. The molecular formula is C23H26N4O2. The fourth-order valence-corrected chi connectivity index (χ4v) is 3.11. The van der Waals surface area contributed by atoms with Crippen LogP contribution in [0.25, 0.3) is 11.3 Å². The number of carbonyl (C=O) groups excluding carboxylic acids is 1. The molecule has 0 fully saturated rings. The van der Waals surface area contributed by atoms with Gasteiger partial charge >= 0.3 is 0 Å². The van der Waals surface area contributed by atoms with Gasteiger partial charge in [-0.2, -0.15) is 5.10 Å². The van der Waals surface area contributed by atoms with Gasteiger partial charge in [-0.05, 0) is 36.9 Å². The van der Waals surface area contributed by atoms with E-state index in [2.05, 4.69) is 29.2 Å². The van der Waals surface area contributed by atoms with Crippen LogP contribution in [0.15, 0.2) is 71.5 Å². The van der Waals surface area contributed by atoms with Crippen molar-refractivity contribution in [1.82, 2.24) is 14.7 Å². The predicted octanol–water partition coefficient (Wildman–Crippen LogP) is 3.39. The molecule has 0 aliphatic heterocycles.